The molecule has 0 aromatic carbocycles. The third-order valence-electron chi connectivity index (χ3n) is 2.80. The van der Waals surface area contributed by atoms with E-state index in [2.05, 4.69) is 28.9 Å². The summed E-state index contributed by atoms with van der Waals surface area (Å²) in [5.74, 6) is 3.03. The van der Waals surface area contributed by atoms with E-state index in [-0.39, 0.29) is 0 Å². The van der Waals surface area contributed by atoms with Crippen molar-refractivity contribution in [3.05, 3.63) is 21.9 Å². The van der Waals surface area contributed by atoms with E-state index in [4.69, 9.17) is 5.73 Å². The third kappa shape index (κ3) is 3.64. The molecule has 0 amide bonds. The van der Waals surface area contributed by atoms with Crippen molar-refractivity contribution >= 4 is 29.1 Å². The van der Waals surface area contributed by atoms with Crippen LogP contribution < -0.4 is 5.73 Å². The van der Waals surface area contributed by atoms with Gasteiger partial charge in [0.15, 0.2) is 5.96 Å². The Hall–Kier alpha value is -0.680. The van der Waals surface area contributed by atoms with E-state index in [1.54, 1.807) is 0 Å². The first-order valence-corrected chi connectivity index (χ1v) is 7.97. The number of rotatable bonds is 3. The van der Waals surface area contributed by atoms with Crippen LogP contribution in [0.1, 0.15) is 16.7 Å². The molecule has 0 unspecified atom stereocenters. The van der Waals surface area contributed by atoms with Crippen LogP contribution >= 0.6 is 23.1 Å². The number of nitrogens with zero attached hydrogens (tertiary/aromatic N) is 2. The molecule has 1 fully saturated rings. The van der Waals surface area contributed by atoms with E-state index < -0.39 is 0 Å². The van der Waals surface area contributed by atoms with Crippen LogP contribution in [0.5, 0.6) is 0 Å². The monoisotopic (exact) mass is 269 g/mol. The molecular weight excluding hydrogens is 250 g/mol. The molecule has 0 saturated carbocycles. The zero-order chi connectivity index (χ0) is 12.1. The summed E-state index contributed by atoms with van der Waals surface area (Å²) in [5, 5.41) is 0. The van der Waals surface area contributed by atoms with Crippen LogP contribution in [-0.4, -0.2) is 35.5 Å². The molecule has 17 heavy (non-hydrogen) atoms. The van der Waals surface area contributed by atoms with Gasteiger partial charge < -0.3 is 10.6 Å². The van der Waals surface area contributed by atoms with E-state index in [1.165, 1.54) is 9.75 Å². The SMILES string of the molecule is CCc1ccc(CN=C(N)N2CCSCC2)s1. The van der Waals surface area contributed by atoms with Crippen molar-refractivity contribution < 1.29 is 0 Å². The van der Waals surface area contributed by atoms with Crippen LogP contribution in [0.4, 0.5) is 0 Å². The Balaban J connectivity index is 1.90. The van der Waals surface area contributed by atoms with Gasteiger partial charge in [-0.15, -0.1) is 11.3 Å². The lowest BCUT2D eigenvalue weighted by Crippen LogP contribution is -2.42. The number of aliphatic imine (C=N–C) groups is 1. The van der Waals surface area contributed by atoms with Crippen molar-refractivity contribution in [2.75, 3.05) is 24.6 Å². The summed E-state index contributed by atoms with van der Waals surface area (Å²) in [6.45, 7) is 4.97. The Bertz CT molecular complexity index is 381. The van der Waals surface area contributed by atoms with Crippen molar-refractivity contribution in [1.29, 1.82) is 0 Å². The lowest BCUT2D eigenvalue weighted by atomic mass is 10.4. The molecular formula is C12H19N3S2. The van der Waals surface area contributed by atoms with Crippen LogP contribution in [-0.2, 0) is 13.0 Å². The highest BCUT2D eigenvalue weighted by atomic mass is 32.2. The summed E-state index contributed by atoms with van der Waals surface area (Å²) in [7, 11) is 0. The number of hydrogen-bond acceptors (Lipinski definition) is 3. The largest absolute Gasteiger partial charge is 0.370 e. The van der Waals surface area contributed by atoms with Gasteiger partial charge >= 0.3 is 0 Å². The molecule has 1 aromatic rings. The predicted octanol–water partition coefficient (Wildman–Crippen LogP) is 2.17. The molecule has 0 spiro atoms. The van der Waals surface area contributed by atoms with Gasteiger partial charge in [-0.1, -0.05) is 6.92 Å². The molecule has 0 aliphatic carbocycles. The molecule has 2 N–H and O–H groups in total. The second kappa shape index (κ2) is 6.31. The van der Waals surface area contributed by atoms with E-state index in [0.717, 1.165) is 37.6 Å². The molecule has 2 rings (SSSR count). The van der Waals surface area contributed by atoms with Crippen LogP contribution in [0.2, 0.25) is 0 Å². The Morgan fingerprint density at radius 1 is 1.35 bits per heavy atom. The van der Waals surface area contributed by atoms with Crippen LogP contribution in [0.3, 0.4) is 0 Å². The van der Waals surface area contributed by atoms with E-state index in [1.807, 2.05) is 23.1 Å². The molecule has 5 heteroatoms. The average Bonchev–Trinajstić information content (AvgIpc) is 2.85. The first kappa shape index (κ1) is 12.8. The average molecular weight is 269 g/mol. The fourth-order valence-corrected chi connectivity index (χ4v) is 3.53. The van der Waals surface area contributed by atoms with Gasteiger partial charge in [0.05, 0.1) is 6.54 Å². The molecule has 0 radical (unpaired) electrons. The minimum atomic E-state index is 0.705. The van der Waals surface area contributed by atoms with Gasteiger partial charge in [-0.3, -0.25) is 0 Å². The number of thiophene rings is 1. The lowest BCUT2D eigenvalue weighted by molar-refractivity contribution is 0.456. The Kier molecular flexibility index (Phi) is 4.74. The predicted molar refractivity (Wildman–Crippen MR) is 77.9 cm³/mol. The second-order valence-electron chi connectivity index (χ2n) is 4.00. The number of aryl methyl sites for hydroxylation is 1. The van der Waals surface area contributed by atoms with Crippen molar-refractivity contribution in [2.45, 2.75) is 19.9 Å². The van der Waals surface area contributed by atoms with E-state index >= 15 is 0 Å². The van der Waals surface area contributed by atoms with E-state index in [0.29, 0.717) is 5.96 Å². The van der Waals surface area contributed by atoms with Crippen molar-refractivity contribution in [2.24, 2.45) is 10.7 Å². The number of thioether (sulfide) groups is 1. The maximum atomic E-state index is 6.01. The standard InChI is InChI=1S/C12H19N3S2/c1-2-10-3-4-11(17-10)9-14-12(13)15-5-7-16-8-6-15/h3-4H,2,5-9H2,1H3,(H2,13,14). The number of hydrogen-bond donors (Lipinski definition) is 1. The van der Waals surface area contributed by atoms with Gasteiger partial charge in [0, 0.05) is 34.3 Å². The normalized spacial score (nSPS) is 17.5. The fourth-order valence-electron chi connectivity index (χ4n) is 1.75. The summed E-state index contributed by atoms with van der Waals surface area (Å²) in [5.41, 5.74) is 6.01. The van der Waals surface area contributed by atoms with Crippen LogP contribution in [0.15, 0.2) is 17.1 Å². The van der Waals surface area contributed by atoms with Gasteiger partial charge in [0.2, 0.25) is 0 Å². The first-order valence-electron chi connectivity index (χ1n) is 6.00. The number of guanidine groups is 1. The summed E-state index contributed by atoms with van der Waals surface area (Å²) in [6, 6.07) is 4.34. The smallest absolute Gasteiger partial charge is 0.191 e. The van der Waals surface area contributed by atoms with Gasteiger partial charge in [0.25, 0.3) is 0 Å². The van der Waals surface area contributed by atoms with Crippen LogP contribution in [0.25, 0.3) is 0 Å². The van der Waals surface area contributed by atoms with Crippen molar-refractivity contribution in [3.63, 3.8) is 0 Å². The summed E-state index contributed by atoms with van der Waals surface area (Å²) < 4.78 is 0. The highest BCUT2D eigenvalue weighted by molar-refractivity contribution is 7.99. The van der Waals surface area contributed by atoms with Crippen molar-refractivity contribution in [3.8, 4) is 0 Å². The lowest BCUT2D eigenvalue weighted by Gasteiger charge is -2.27. The van der Waals surface area contributed by atoms with Gasteiger partial charge in [0.1, 0.15) is 0 Å². The molecule has 0 atom stereocenters. The Morgan fingerprint density at radius 3 is 2.71 bits per heavy atom. The zero-order valence-corrected chi connectivity index (χ0v) is 11.8. The topological polar surface area (TPSA) is 41.6 Å². The number of nitrogens with two attached hydrogens (primary N) is 1. The highest BCUT2D eigenvalue weighted by Gasteiger charge is 2.11. The zero-order valence-electron chi connectivity index (χ0n) is 10.2. The minimum Gasteiger partial charge on any atom is -0.370 e. The molecule has 1 aliphatic rings. The Labute approximate surface area is 111 Å². The third-order valence-corrected chi connectivity index (χ3v) is 4.95. The van der Waals surface area contributed by atoms with Gasteiger partial charge in [-0.2, -0.15) is 11.8 Å². The summed E-state index contributed by atoms with van der Waals surface area (Å²) in [6.07, 6.45) is 1.10. The molecule has 1 aromatic heterocycles. The highest BCUT2D eigenvalue weighted by Crippen LogP contribution is 2.17. The molecule has 94 valence electrons. The molecule has 1 aliphatic heterocycles. The van der Waals surface area contributed by atoms with Gasteiger partial charge in [-0.05, 0) is 18.6 Å². The molecule has 1 saturated heterocycles. The van der Waals surface area contributed by atoms with Gasteiger partial charge in [-0.25, -0.2) is 4.99 Å². The Morgan fingerprint density at radius 2 is 2.06 bits per heavy atom. The molecule has 0 bridgehead atoms. The maximum absolute atomic E-state index is 6.01. The minimum absolute atomic E-state index is 0.705. The first-order chi connectivity index (χ1) is 8.29. The molecule has 3 nitrogen and oxygen atoms in total. The van der Waals surface area contributed by atoms with E-state index in [9.17, 15) is 0 Å². The summed E-state index contributed by atoms with van der Waals surface area (Å²) in [4.78, 5) is 9.39. The van der Waals surface area contributed by atoms with Crippen LogP contribution in [0, 0.1) is 0 Å². The summed E-state index contributed by atoms with van der Waals surface area (Å²) >= 11 is 3.82. The quantitative estimate of drug-likeness (QED) is 0.675. The molecule has 2 heterocycles. The maximum Gasteiger partial charge on any atom is 0.191 e. The van der Waals surface area contributed by atoms with Crippen molar-refractivity contribution in [1.82, 2.24) is 4.90 Å². The fraction of sp³-hybridized carbons (Fsp3) is 0.583. The second-order valence-corrected chi connectivity index (χ2v) is 6.47.